The lowest BCUT2D eigenvalue weighted by molar-refractivity contribution is -0.146. The van der Waals surface area contributed by atoms with Gasteiger partial charge in [-0.15, -0.1) is 0 Å². The average molecular weight is 233 g/mol. The van der Waals surface area contributed by atoms with Crippen LogP contribution in [-0.2, 0) is 9.53 Å². The summed E-state index contributed by atoms with van der Waals surface area (Å²) in [4.78, 5) is 11.6. The first-order chi connectivity index (χ1) is 7.04. The fraction of sp³-hybridized carbons (Fsp3) is 0.900. The summed E-state index contributed by atoms with van der Waals surface area (Å²) >= 11 is 1.52. The standard InChI is InChI=1S/C10H19NO3S/c1-7(5-12)15-6-10(11,8-3-4-8)9(13)14-2/h7-8,12H,3-6,11H2,1-2H3. The summed E-state index contributed by atoms with van der Waals surface area (Å²) in [6, 6.07) is 0. The van der Waals surface area contributed by atoms with E-state index in [9.17, 15) is 4.79 Å². The smallest absolute Gasteiger partial charge is 0.326 e. The molecule has 0 bridgehead atoms. The fourth-order valence-electron chi connectivity index (χ4n) is 1.46. The Morgan fingerprint density at radius 2 is 2.33 bits per heavy atom. The molecule has 15 heavy (non-hydrogen) atoms. The molecule has 1 aliphatic carbocycles. The molecule has 2 atom stereocenters. The zero-order valence-electron chi connectivity index (χ0n) is 9.23. The van der Waals surface area contributed by atoms with Gasteiger partial charge >= 0.3 is 5.97 Å². The Morgan fingerprint density at radius 3 is 2.73 bits per heavy atom. The van der Waals surface area contributed by atoms with Crippen LogP contribution in [0.5, 0.6) is 0 Å². The summed E-state index contributed by atoms with van der Waals surface area (Å²) in [5.41, 5.74) is 5.23. The van der Waals surface area contributed by atoms with Crippen LogP contribution in [0.1, 0.15) is 19.8 Å². The highest BCUT2D eigenvalue weighted by molar-refractivity contribution is 8.00. The van der Waals surface area contributed by atoms with E-state index in [2.05, 4.69) is 0 Å². The van der Waals surface area contributed by atoms with E-state index >= 15 is 0 Å². The summed E-state index contributed by atoms with van der Waals surface area (Å²) in [7, 11) is 1.37. The molecule has 3 N–H and O–H groups in total. The Balaban J connectivity index is 2.53. The normalized spacial score (nSPS) is 21.9. The molecular weight excluding hydrogens is 214 g/mol. The van der Waals surface area contributed by atoms with Gasteiger partial charge in [0.1, 0.15) is 5.54 Å². The van der Waals surface area contributed by atoms with Gasteiger partial charge in [-0.1, -0.05) is 6.92 Å². The van der Waals surface area contributed by atoms with Gasteiger partial charge in [-0.25, -0.2) is 0 Å². The minimum Gasteiger partial charge on any atom is -0.468 e. The number of aliphatic hydroxyl groups is 1. The van der Waals surface area contributed by atoms with Crippen LogP contribution in [0.3, 0.4) is 0 Å². The molecule has 2 unspecified atom stereocenters. The Morgan fingerprint density at radius 1 is 1.73 bits per heavy atom. The molecule has 1 saturated carbocycles. The molecule has 4 nitrogen and oxygen atoms in total. The van der Waals surface area contributed by atoms with Gasteiger partial charge in [0.25, 0.3) is 0 Å². The van der Waals surface area contributed by atoms with Crippen LogP contribution in [0.2, 0.25) is 0 Å². The number of methoxy groups -OCH3 is 1. The SMILES string of the molecule is COC(=O)C(N)(CSC(C)CO)C1CC1. The summed E-state index contributed by atoms with van der Waals surface area (Å²) in [5.74, 6) is 0.442. The van der Waals surface area contributed by atoms with E-state index in [1.807, 2.05) is 6.92 Å². The summed E-state index contributed by atoms with van der Waals surface area (Å²) < 4.78 is 4.74. The molecule has 0 heterocycles. The van der Waals surface area contributed by atoms with Crippen LogP contribution < -0.4 is 5.73 Å². The summed E-state index contributed by atoms with van der Waals surface area (Å²) in [6.45, 7) is 2.02. The number of thioether (sulfide) groups is 1. The molecule has 1 fully saturated rings. The van der Waals surface area contributed by atoms with Crippen molar-refractivity contribution in [1.82, 2.24) is 0 Å². The molecule has 0 radical (unpaired) electrons. The van der Waals surface area contributed by atoms with Crippen molar-refractivity contribution in [2.45, 2.75) is 30.6 Å². The first kappa shape index (κ1) is 12.8. The van der Waals surface area contributed by atoms with Gasteiger partial charge in [0, 0.05) is 11.0 Å². The highest BCUT2D eigenvalue weighted by Gasteiger charge is 2.48. The maximum Gasteiger partial charge on any atom is 0.326 e. The van der Waals surface area contributed by atoms with Gasteiger partial charge in [0.15, 0.2) is 0 Å². The maximum absolute atomic E-state index is 11.6. The highest BCUT2D eigenvalue weighted by atomic mass is 32.2. The number of carbonyl (C=O) groups excluding carboxylic acids is 1. The van der Waals surface area contributed by atoms with Crippen molar-refractivity contribution in [3.63, 3.8) is 0 Å². The van der Waals surface area contributed by atoms with Gasteiger partial charge in [0.2, 0.25) is 0 Å². The van der Waals surface area contributed by atoms with Crippen molar-refractivity contribution in [2.75, 3.05) is 19.5 Å². The first-order valence-corrected chi connectivity index (χ1v) is 6.19. The van der Waals surface area contributed by atoms with E-state index in [1.165, 1.54) is 18.9 Å². The molecule has 0 amide bonds. The predicted octanol–water partition coefficient (Wildman–Crippen LogP) is 0.381. The lowest BCUT2D eigenvalue weighted by atomic mass is 9.97. The third kappa shape index (κ3) is 3.09. The fourth-order valence-corrected chi connectivity index (χ4v) is 2.48. The van der Waals surface area contributed by atoms with E-state index in [4.69, 9.17) is 15.6 Å². The Hall–Kier alpha value is -0.260. The molecule has 0 aromatic rings. The number of hydrogen-bond donors (Lipinski definition) is 2. The molecule has 1 aliphatic rings. The second-order valence-electron chi connectivity index (χ2n) is 4.11. The largest absolute Gasteiger partial charge is 0.468 e. The van der Waals surface area contributed by atoms with Gasteiger partial charge in [0.05, 0.1) is 13.7 Å². The van der Waals surface area contributed by atoms with Crippen molar-refractivity contribution in [1.29, 1.82) is 0 Å². The molecule has 88 valence electrons. The van der Waals surface area contributed by atoms with Gasteiger partial charge in [-0.2, -0.15) is 11.8 Å². The molecule has 5 heteroatoms. The van der Waals surface area contributed by atoms with E-state index in [1.54, 1.807) is 0 Å². The zero-order valence-corrected chi connectivity index (χ0v) is 10.0. The van der Waals surface area contributed by atoms with Crippen LogP contribution >= 0.6 is 11.8 Å². The quantitative estimate of drug-likeness (QED) is 0.649. The average Bonchev–Trinajstić information content (AvgIpc) is 3.07. The minimum absolute atomic E-state index is 0.104. The maximum atomic E-state index is 11.6. The summed E-state index contributed by atoms with van der Waals surface area (Å²) in [5, 5.41) is 9.01. The molecule has 0 aromatic heterocycles. The number of ether oxygens (including phenoxy) is 1. The molecule has 0 aliphatic heterocycles. The van der Waals surface area contributed by atoms with Crippen LogP contribution in [-0.4, -0.2) is 41.3 Å². The summed E-state index contributed by atoms with van der Waals surface area (Å²) in [6.07, 6.45) is 2.00. The van der Waals surface area contributed by atoms with E-state index in [0.717, 1.165) is 12.8 Å². The number of esters is 1. The third-order valence-electron chi connectivity index (χ3n) is 2.74. The van der Waals surface area contributed by atoms with Gasteiger partial charge in [-0.3, -0.25) is 4.79 Å². The number of nitrogens with two attached hydrogens (primary N) is 1. The number of aliphatic hydroxyl groups excluding tert-OH is 1. The van der Waals surface area contributed by atoms with Crippen LogP contribution in [0.4, 0.5) is 0 Å². The number of carbonyl (C=O) groups is 1. The Bertz CT molecular complexity index is 233. The van der Waals surface area contributed by atoms with E-state index in [0.29, 0.717) is 5.75 Å². The second kappa shape index (κ2) is 5.18. The van der Waals surface area contributed by atoms with Crippen molar-refractivity contribution in [3.05, 3.63) is 0 Å². The lowest BCUT2D eigenvalue weighted by Crippen LogP contribution is -2.53. The monoisotopic (exact) mass is 233 g/mol. The van der Waals surface area contributed by atoms with E-state index < -0.39 is 5.54 Å². The molecule has 0 aromatic carbocycles. The van der Waals surface area contributed by atoms with Crippen molar-refractivity contribution < 1.29 is 14.6 Å². The predicted molar refractivity (Wildman–Crippen MR) is 60.7 cm³/mol. The minimum atomic E-state index is -0.858. The molecule has 0 spiro atoms. The number of hydrogen-bond acceptors (Lipinski definition) is 5. The molecular formula is C10H19NO3S. The van der Waals surface area contributed by atoms with Gasteiger partial charge < -0.3 is 15.6 Å². The van der Waals surface area contributed by atoms with Gasteiger partial charge in [-0.05, 0) is 18.8 Å². The van der Waals surface area contributed by atoms with Crippen molar-refractivity contribution >= 4 is 17.7 Å². The van der Waals surface area contributed by atoms with Crippen molar-refractivity contribution in [3.8, 4) is 0 Å². The third-order valence-corrected chi connectivity index (χ3v) is 4.10. The van der Waals surface area contributed by atoms with Crippen molar-refractivity contribution in [2.24, 2.45) is 11.7 Å². The molecule has 1 rings (SSSR count). The van der Waals surface area contributed by atoms with E-state index in [-0.39, 0.29) is 23.7 Å². The Labute approximate surface area is 94.6 Å². The highest BCUT2D eigenvalue weighted by Crippen LogP contribution is 2.41. The second-order valence-corrected chi connectivity index (χ2v) is 5.54. The van der Waals surface area contributed by atoms with Crippen LogP contribution in [0, 0.1) is 5.92 Å². The zero-order chi connectivity index (χ0) is 11.5. The van der Waals surface area contributed by atoms with Crippen LogP contribution in [0.15, 0.2) is 0 Å². The lowest BCUT2D eigenvalue weighted by Gasteiger charge is -2.27. The number of rotatable bonds is 6. The Kier molecular flexibility index (Phi) is 4.43. The van der Waals surface area contributed by atoms with Crippen LogP contribution in [0.25, 0.3) is 0 Å². The topological polar surface area (TPSA) is 72.5 Å². The first-order valence-electron chi connectivity index (χ1n) is 5.14. The molecule has 0 saturated heterocycles.